The lowest BCUT2D eigenvalue weighted by atomic mass is 10.2. The van der Waals surface area contributed by atoms with Crippen LogP contribution >= 0.6 is 0 Å². The van der Waals surface area contributed by atoms with Gasteiger partial charge >= 0.3 is 0 Å². The first-order valence-corrected chi connectivity index (χ1v) is 7.10. The van der Waals surface area contributed by atoms with Crippen molar-refractivity contribution in [2.24, 2.45) is 7.05 Å². The molecule has 0 bridgehead atoms. The predicted molar refractivity (Wildman–Crippen MR) is 73.8 cm³/mol. The van der Waals surface area contributed by atoms with E-state index < -0.39 is 10.8 Å². The van der Waals surface area contributed by atoms with Crippen molar-refractivity contribution in [1.29, 1.82) is 0 Å². The molecule has 0 aliphatic carbocycles. The van der Waals surface area contributed by atoms with Gasteiger partial charge in [0.15, 0.2) is 0 Å². The fourth-order valence-corrected chi connectivity index (χ4v) is 2.90. The summed E-state index contributed by atoms with van der Waals surface area (Å²) in [5.74, 6) is 0.606. The van der Waals surface area contributed by atoms with Crippen molar-refractivity contribution in [3.8, 4) is 0 Å². The van der Waals surface area contributed by atoms with E-state index in [1.54, 1.807) is 4.68 Å². The number of anilines is 1. The molecule has 2 N–H and O–H groups in total. The van der Waals surface area contributed by atoms with Crippen LogP contribution in [0.4, 0.5) is 5.69 Å². The lowest BCUT2D eigenvalue weighted by Gasteiger charge is -2.04. The average Bonchev–Trinajstić information content (AvgIpc) is 2.75. The SMILES string of the molecule is Cc1cc(S(=O)CCc2cnn(C)c2)ccc1N. The van der Waals surface area contributed by atoms with Gasteiger partial charge in [0.25, 0.3) is 0 Å². The molecule has 0 spiro atoms. The normalized spacial score (nSPS) is 12.6. The summed E-state index contributed by atoms with van der Waals surface area (Å²) in [5.41, 5.74) is 8.57. The highest BCUT2D eigenvalue weighted by Crippen LogP contribution is 2.16. The van der Waals surface area contributed by atoms with Crippen LogP contribution in [0.25, 0.3) is 0 Å². The van der Waals surface area contributed by atoms with E-state index >= 15 is 0 Å². The first-order valence-electron chi connectivity index (χ1n) is 5.78. The molecule has 0 saturated heterocycles. The van der Waals surface area contributed by atoms with Crippen LogP contribution in [0.3, 0.4) is 0 Å². The van der Waals surface area contributed by atoms with Crippen LogP contribution in [0, 0.1) is 6.92 Å². The summed E-state index contributed by atoms with van der Waals surface area (Å²) >= 11 is 0. The second kappa shape index (κ2) is 5.35. The van der Waals surface area contributed by atoms with E-state index in [0.717, 1.165) is 28.1 Å². The smallest absolute Gasteiger partial charge is 0.0532 e. The molecule has 4 nitrogen and oxygen atoms in total. The lowest BCUT2D eigenvalue weighted by molar-refractivity contribution is 0.682. The van der Waals surface area contributed by atoms with Gasteiger partial charge in [0.05, 0.1) is 17.0 Å². The number of hydrogen-bond acceptors (Lipinski definition) is 3. The Hall–Kier alpha value is -1.62. The van der Waals surface area contributed by atoms with Crippen molar-refractivity contribution < 1.29 is 4.21 Å². The van der Waals surface area contributed by atoms with Gasteiger partial charge in [-0.3, -0.25) is 8.89 Å². The molecule has 2 aromatic rings. The number of rotatable bonds is 4. The maximum absolute atomic E-state index is 12.1. The number of nitrogens with zero attached hydrogens (tertiary/aromatic N) is 2. The van der Waals surface area contributed by atoms with Gasteiger partial charge < -0.3 is 5.73 Å². The van der Waals surface area contributed by atoms with Crippen molar-refractivity contribution >= 4 is 16.5 Å². The molecule has 1 unspecified atom stereocenters. The van der Waals surface area contributed by atoms with E-state index in [9.17, 15) is 4.21 Å². The topological polar surface area (TPSA) is 60.9 Å². The molecule has 96 valence electrons. The van der Waals surface area contributed by atoms with Gasteiger partial charge in [0.1, 0.15) is 0 Å². The largest absolute Gasteiger partial charge is 0.399 e. The van der Waals surface area contributed by atoms with E-state index in [1.807, 2.05) is 44.6 Å². The maximum Gasteiger partial charge on any atom is 0.0532 e. The Bertz CT molecular complexity index is 577. The maximum atomic E-state index is 12.1. The molecule has 0 amide bonds. The fraction of sp³-hybridized carbons (Fsp3) is 0.308. The van der Waals surface area contributed by atoms with Gasteiger partial charge in [0, 0.05) is 29.6 Å². The Morgan fingerprint density at radius 2 is 2.22 bits per heavy atom. The number of aromatic nitrogens is 2. The first-order chi connectivity index (χ1) is 8.56. The molecule has 0 fully saturated rings. The molecule has 1 atom stereocenters. The lowest BCUT2D eigenvalue weighted by Crippen LogP contribution is -2.02. The molecule has 0 saturated carbocycles. The Kier molecular flexibility index (Phi) is 3.81. The first kappa shape index (κ1) is 12.8. The quantitative estimate of drug-likeness (QED) is 0.853. The molecule has 5 heteroatoms. The molecule has 1 aromatic carbocycles. The van der Waals surface area contributed by atoms with Crippen molar-refractivity contribution in [2.45, 2.75) is 18.2 Å². The Labute approximate surface area is 109 Å². The van der Waals surface area contributed by atoms with Crippen LogP contribution in [0.15, 0.2) is 35.5 Å². The molecule has 1 heterocycles. The standard InChI is InChI=1S/C13H17N3OS/c1-10-7-12(3-4-13(10)14)18(17)6-5-11-8-15-16(2)9-11/h3-4,7-9H,5-6,14H2,1-2H3. The van der Waals surface area contributed by atoms with Crippen molar-refractivity contribution in [1.82, 2.24) is 9.78 Å². The van der Waals surface area contributed by atoms with Crippen molar-refractivity contribution in [3.05, 3.63) is 41.7 Å². The minimum Gasteiger partial charge on any atom is -0.399 e. The summed E-state index contributed by atoms with van der Waals surface area (Å²) in [4.78, 5) is 0.839. The van der Waals surface area contributed by atoms with Crippen molar-refractivity contribution in [2.75, 3.05) is 11.5 Å². The highest BCUT2D eigenvalue weighted by atomic mass is 32.2. The number of nitrogens with two attached hydrogens (primary N) is 1. The number of aryl methyl sites for hydroxylation is 3. The molecular formula is C13H17N3OS. The monoisotopic (exact) mass is 263 g/mol. The molecule has 1 aromatic heterocycles. The van der Waals surface area contributed by atoms with E-state index in [-0.39, 0.29) is 0 Å². The average molecular weight is 263 g/mol. The molecule has 0 aliphatic rings. The zero-order valence-electron chi connectivity index (χ0n) is 10.6. The van der Waals surface area contributed by atoms with Gasteiger partial charge in [-0.25, -0.2) is 0 Å². The van der Waals surface area contributed by atoms with Crippen LogP contribution in [-0.2, 0) is 24.3 Å². The summed E-state index contributed by atoms with van der Waals surface area (Å²) in [6.07, 6.45) is 4.53. The number of hydrogen-bond donors (Lipinski definition) is 1. The van der Waals surface area contributed by atoms with Crippen LogP contribution < -0.4 is 5.73 Å². The summed E-state index contributed by atoms with van der Waals surface area (Å²) in [7, 11) is 0.893. The minimum absolute atomic E-state index is 0.606. The fourth-order valence-electron chi connectivity index (χ4n) is 1.72. The van der Waals surface area contributed by atoms with E-state index in [0.29, 0.717) is 5.75 Å². The van der Waals surface area contributed by atoms with Crippen LogP contribution in [-0.4, -0.2) is 19.7 Å². The van der Waals surface area contributed by atoms with E-state index in [2.05, 4.69) is 5.10 Å². The Morgan fingerprint density at radius 1 is 1.44 bits per heavy atom. The van der Waals surface area contributed by atoms with Crippen molar-refractivity contribution in [3.63, 3.8) is 0 Å². The number of benzene rings is 1. The zero-order valence-corrected chi connectivity index (χ0v) is 11.4. The van der Waals surface area contributed by atoms with E-state index in [1.165, 1.54) is 0 Å². The summed E-state index contributed by atoms with van der Waals surface area (Å²) in [5, 5.41) is 4.09. The third-order valence-corrected chi connectivity index (χ3v) is 4.19. The highest BCUT2D eigenvalue weighted by Gasteiger charge is 2.06. The minimum atomic E-state index is -0.986. The summed E-state index contributed by atoms with van der Waals surface area (Å²) in [6, 6.07) is 5.54. The summed E-state index contributed by atoms with van der Waals surface area (Å²) < 4.78 is 13.9. The zero-order chi connectivity index (χ0) is 13.1. The molecule has 2 rings (SSSR count). The van der Waals surface area contributed by atoms with Gasteiger partial charge in [-0.1, -0.05) is 0 Å². The van der Waals surface area contributed by atoms with E-state index in [4.69, 9.17) is 5.73 Å². The predicted octanol–water partition coefficient (Wildman–Crippen LogP) is 1.66. The third-order valence-electron chi connectivity index (χ3n) is 2.84. The second-order valence-electron chi connectivity index (χ2n) is 4.34. The second-order valence-corrected chi connectivity index (χ2v) is 5.91. The Balaban J connectivity index is 2.01. The van der Waals surface area contributed by atoms with Crippen LogP contribution in [0.1, 0.15) is 11.1 Å². The highest BCUT2D eigenvalue weighted by molar-refractivity contribution is 7.85. The van der Waals surface area contributed by atoms with Gasteiger partial charge in [0.2, 0.25) is 0 Å². The van der Waals surface area contributed by atoms with Gasteiger partial charge in [-0.15, -0.1) is 0 Å². The van der Waals surface area contributed by atoms with Crippen LogP contribution in [0.5, 0.6) is 0 Å². The van der Waals surface area contributed by atoms with Gasteiger partial charge in [-0.2, -0.15) is 5.10 Å². The molecular weight excluding hydrogens is 246 g/mol. The third kappa shape index (κ3) is 2.98. The van der Waals surface area contributed by atoms with Crippen LogP contribution in [0.2, 0.25) is 0 Å². The molecule has 18 heavy (non-hydrogen) atoms. The Morgan fingerprint density at radius 3 is 2.83 bits per heavy atom. The summed E-state index contributed by atoms with van der Waals surface area (Å²) in [6.45, 7) is 1.93. The molecule has 0 radical (unpaired) electrons. The molecule has 0 aliphatic heterocycles. The number of nitrogen functional groups attached to an aromatic ring is 1. The van der Waals surface area contributed by atoms with Gasteiger partial charge in [-0.05, 0) is 42.7 Å².